The number of H-pyrrole nitrogens is 2. The van der Waals surface area contributed by atoms with Gasteiger partial charge in [0.1, 0.15) is 23.7 Å². The molecule has 15 nitrogen and oxygen atoms in total. The molecule has 15 heteroatoms. The molecule has 3 aromatic carbocycles. The van der Waals surface area contributed by atoms with Crippen LogP contribution in [-0.2, 0) is 23.8 Å². The van der Waals surface area contributed by atoms with Crippen LogP contribution in [0.5, 0.6) is 0 Å². The van der Waals surface area contributed by atoms with Gasteiger partial charge in [-0.15, -0.1) is 0 Å². The Labute approximate surface area is 367 Å². The summed E-state index contributed by atoms with van der Waals surface area (Å²) < 4.78 is 15.4. The second-order valence-corrected chi connectivity index (χ2v) is 18.3. The van der Waals surface area contributed by atoms with E-state index in [1.807, 2.05) is 29.8 Å². The summed E-state index contributed by atoms with van der Waals surface area (Å²) in [4.78, 5) is 74.1. The number of nitrogens with zero attached hydrogens (tertiary/aromatic N) is 4. The van der Waals surface area contributed by atoms with E-state index in [1.165, 1.54) is 14.2 Å². The number of hydrogen-bond donors (Lipinski definition) is 4. The summed E-state index contributed by atoms with van der Waals surface area (Å²) >= 11 is 0. The fraction of sp³-hybridized carbons (Fsp3) is 0.500. The van der Waals surface area contributed by atoms with Gasteiger partial charge in [0.15, 0.2) is 0 Å². The van der Waals surface area contributed by atoms with Crippen molar-refractivity contribution in [3.8, 4) is 22.4 Å². The number of piperidine rings is 1. The van der Waals surface area contributed by atoms with E-state index in [9.17, 15) is 19.2 Å². The number of hydrogen-bond acceptors (Lipinski definition) is 9. The third-order valence-corrected chi connectivity index (χ3v) is 14.3. The summed E-state index contributed by atoms with van der Waals surface area (Å²) in [6.45, 7) is 9.20. The lowest BCUT2D eigenvalue weighted by atomic mass is 9.90. The van der Waals surface area contributed by atoms with Gasteiger partial charge >= 0.3 is 12.2 Å². The largest absolute Gasteiger partial charge is 0.453 e. The Bertz CT molecular complexity index is 2510. The molecule has 4 aliphatic rings. The van der Waals surface area contributed by atoms with Crippen LogP contribution in [0.1, 0.15) is 90.0 Å². The van der Waals surface area contributed by atoms with E-state index < -0.39 is 24.3 Å². The molecule has 8 atom stereocenters. The van der Waals surface area contributed by atoms with Crippen LogP contribution in [0.2, 0.25) is 0 Å². The smallest absolute Gasteiger partial charge is 0.407 e. The molecule has 4 fully saturated rings. The zero-order valence-electron chi connectivity index (χ0n) is 36.9. The molecule has 4 N–H and O–H groups in total. The van der Waals surface area contributed by atoms with E-state index in [2.05, 4.69) is 89.0 Å². The number of nitrogens with one attached hydrogen (secondary N) is 4. The van der Waals surface area contributed by atoms with Crippen molar-refractivity contribution in [2.75, 3.05) is 27.4 Å². The number of imidazole rings is 2. The normalized spacial score (nSPS) is 24.6. The maximum Gasteiger partial charge on any atom is 0.407 e. The lowest BCUT2D eigenvalue weighted by Gasteiger charge is -2.37. The van der Waals surface area contributed by atoms with Crippen molar-refractivity contribution in [1.29, 1.82) is 0 Å². The predicted octanol–water partition coefficient (Wildman–Crippen LogP) is 7.66. The molecule has 9 rings (SSSR count). The molecular weight excluding hydrogens is 801 g/mol. The minimum Gasteiger partial charge on any atom is -0.453 e. The number of carbonyl (C=O) groups excluding carboxylic acids is 4. The van der Waals surface area contributed by atoms with Gasteiger partial charge in [-0.3, -0.25) is 9.59 Å². The highest BCUT2D eigenvalue weighted by molar-refractivity contribution is 6.05. The van der Waals surface area contributed by atoms with Gasteiger partial charge in [0.2, 0.25) is 11.8 Å². The van der Waals surface area contributed by atoms with Crippen molar-refractivity contribution in [2.24, 2.45) is 23.7 Å². The lowest BCUT2D eigenvalue weighted by Crippen LogP contribution is -2.54. The topological polar surface area (TPSA) is 184 Å². The fourth-order valence-electron chi connectivity index (χ4n) is 10.7. The van der Waals surface area contributed by atoms with Crippen molar-refractivity contribution in [2.45, 2.75) is 102 Å². The highest BCUT2D eigenvalue weighted by atomic mass is 16.5. The Morgan fingerprint density at radius 3 is 2.24 bits per heavy atom. The Morgan fingerprint density at radius 2 is 1.51 bits per heavy atom. The number of benzene rings is 3. The second kappa shape index (κ2) is 17.3. The van der Waals surface area contributed by atoms with Crippen molar-refractivity contribution in [1.82, 2.24) is 40.4 Å². The molecule has 2 aromatic heterocycles. The van der Waals surface area contributed by atoms with Gasteiger partial charge in [-0.2, -0.15) is 0 Å². The van der Waals surface area contributed by atoms with Crippen LogP contribution in [0, 0.1) is 23.7 Å². The lowest BCUT2D eigenvalue weighted by molar-refractivity contribution is -0.139. The number of amides is 4. The Morgan fingerprint density at radius 1 is 0.794 bits per heavy atom. The number of fused-ring (bicyclic) bond motifs is 5. The number of methoxy groups -OCH3 is 2. The summed E-state index contributed by atoms with van der Waals surface area (Å²) in [5, 5.41) is 7.69. The maximum atomic E-state index is 14.5. The molecule has 2 bridgehead atoms. The third-order valence-electron chi connectivity index (χ3n) is 14.3. The van der Waals surface area contributed by atoms with Crippen LogP contribution in [0.25, 0.3) is 44.2 Å². The monoisotopic (exact) mass is 858 g/mol. The molecule has 3 aliphatic heterocycles. The van der Waals surface area contributed by atoms with Crippen molar-refractivity contribution < 1.29 is 33.4 Å². The van der Waals surface area contributed by atoms with Crippen LogP contribution < -0.4 is 10.6 Å². The number of carbonyl (C=O) groups is 4. The standard InChI is InChI=1S/C48H58N8O7/c1-25(2)39(53-47(59)61-5)45(57)56-34-14-11-33(23-34)42(56)44-49-24-37(51-44)29-9-7-28(8-10-29)31-12-15-35-32(22-31)13-16-36-41(35)52-43(50-36)38-21-26(3)27(4)55(38)46(58)40(54-48(60)62-6)30-17-19-63-20-18-30/h7-10,12-13,15-16,22,24-27,30,33-34,38-40,42H,11,14,17-21,23H2,1-6H3,(H,49,51)(H,50,52)(H,53,59)(H,54,60)/t26-,27-,33+,34-,38+,39+,40+,42+/m1/s1. The SMILES string of the molecule is COC(=O)N[C@H](C(=O)N1[C@@H]2CC[C@@H](C2)[C@H]1c1ncc(-c2ccc(-c3ccc4c(ccc5[nH]c([C@@H]6C[C@@H](C)[C@@H](C)N6C(=O)[C@@H](NC(=O)OC)C6CCOCC6)nc54)c3)cc2)[nH]1)C(C)C. The van der Waals surface area contributed by atoms with Crippen LogP contribution in [0.15, 0.2) is 60.8 Å². The van der Waals surface area contributed by atoms with Crippen molar-refractivity contribution >= 4 is 45.8 Å². The summed E-state index contributed by atoms with van der Waals surface area (Å²) in [7, 11) is 2.62. The van der Waals surface area contributed by atoms with Gasteiger partial charge in [-0.1, -0.05) is 63.2 Å². The summed E-state index contributed by atoms with van der Waals surface area (Å²) in [5.41, 5.74) is 5.74. The number of likely N-dealkylation sites (tertiary alicyclic amines) is 2. The van der Waals surface area contributed by atoms with Gasteiger partial charge < -0.3 is 44.6 Å². The van der Waals surface area contributed by atoms with Crippen LogP contribution in [0.4, 0.5) is 9.59 Å². The van der Waals surface area contributed by atoms with Gasteiger partial charge in [0.05, 0.1) is 49.2 Å². The molecule has 332 valence electrons. The Kier molecular flexibility index (Phi) is 11.6. The minimum atomic E-state index is -0.719. The summed E-state index contributed by atoms with van der Waals surface area (Å²) in [6, 6.07) is 17.2. The number of alkyl carbamates (subject to hydrolysis) is 2. The van der Waals surface area contributed by atoms with Crippen LogP contribution in [-0.4, -0.2) is 105 Å². The molecule has 0 radical (unpaired) electrons. The molecule has 3 saturated heterocycles. The second-order valence-electron chi connectivity index (χ2n) is 18.3. The molecule has 5 heterocycles. The maximum absolute atomic E-state index is 14.5. The first kappa shape index (κ1) is 42.3. The molecule has 0 spiro atoms. The molecule has 0 unspecified atom stereocenters. The third kappa shape index (κ3) is 7.89. The van der Waals surface area contributed by atoms with E-state index in [0.717, 1.165) is 81.5 Å². The van der Waals surface area contributed by atoms with E-state index >= 15 is 0 Å². The first-order chi connectivity index (χ1) is 30.4. The zero-order chi connectivity index (χ0) is 44.1. The number of rotatable bonds is 10. The average molecular weight is 859 g/mol. The molecule has 63 heavy (non-hydrogen) atoms. The number of ether oxygens (including phenoxy) is 3. The molecule has 1 saturated carbocycles. The summed E-state index contributed by atoms with van der Waals surface area (Å²) in [5.74, 6) is 1.66. The highest BCUT2D eigenvalue weighted by Gasteiger charge is 2.52. The number of aromatic nitrogens is 4. The zero-order valence-corrected chi connectivity index (χ0v) is 36.9. The van der Waals surface area contributed by atoms with Crippen LogP contribution in [0.3, 0.4) is 0 Å². The van der Waals surface area contributed by atoms with Crippen molar-refractivity contribution in [3.63, 3.8) is 0 Å². The van der Waals surface area contributed by atoms with E-state index in [-0.39, 0.29) is 53.7 Å². The van der Waals surface area contributed by atoms with Gasteiger partial charge in [-0.25, -0.2) is 19.6 Å². The molecule has 1 aliphatic carbocycles. The molecule has 4 amide bonds. The average Bonchev–Trinajstić information content (AvgIpc) is 4.16. The van der Waals surface area contributed by atoms with Gasteiger partial charge in [-0.05, 0) is 103 Å². The van der Waals surface area contributed by atoms with Crippen molar-refractivity contribution in [3.05, 3.63) is 72.4 Å². The molecular formula is C48H58N8O7. The first-order valence-electron chi connectivity index (χ1n) is 22.4. The Balaban J connectivity index is 0.937. The van der Waals surface area contributed by atoms with Crippen LogP contribution >= 0.6 is 0 Å². The summed E-state index contributed by atoms with van der Waals surface area (Å²) in [6.07, 6.45) is 5.64. The van der Waals surface area contributed by atoms with Gasteiger partial charge in [0, 0.05) is 30.7 Å². The predicted molar refractivity (Wildman–Crippen MR) is 237 cm³/mol. The first-order valence-corrected chi connectivity index (χ1v) is 22.4. The molecule has 5 aromatic rings. The number of aromatic amines is 2. The minimum absolute atomic E-state index is 0.0530. The van der Waals surface area contributed by atoms with E-state index in [0.29, 0.717) is 32.0 Å². The van der Waals surface area contributed by atoms with E-state index in [4.69, 9.17) is 24.2 Å². The quantitative estimate of drug-likeness (QED) is 0.110. The Hall–Kier alpha value is -5.96. The fourth-order valence-corrected chi connectivity index (χ4v) is 10.7. The highest BCUT2D eigenvalue weighted by Crippen LogP contribution is 2.50. The van der Waals surface area contributed by atoms with Gasteiger partial charge in [0.25, 0.3) is 0 Å². The van der Waals surface area contributed by atoms with E-state index in [1.54, 1.807) is 0 Å².